The number of rotatable bonds is 5. The van der Waals surface area contributed by atoms with E-state index in [1.807, 2.05) is 0 Å². The van der Waals surface area contributed by atoms with Crippen LogP contribution >= 0.6 is 0 Å². The quantitative estimate of drug-likeness (QED) is 0.874. The highest BCUT2D eigenvalue weighted by Crippen LogP contribution is 2.31. The number of nitrogens with zero attached hydrogens (tertiary/aromatic N) is 1. The summed E-state index contributed by atoms with van der Waals surface area (Å²) >= 11 is 0. The molecule has 2 atom stereocenters. The first-order valence-electron chi connectivity index (χ1n) is 7.79. The zero-order valence-corrected chi connectivity index (χ0v) is 12.7. The molecule has 2 nitrogen and oxygen atoms in total. The molecule has 2 heteroatoms. The molecule has 1 aromatic rings. The van der Waals surface area contributed by atoms with E-state index < -0.39 is 0 Å². The second-order valence-electron chi connectivity index (χ2n) is 5.71. The van der Waals surface area contributed by atoms with Gasteiger partial charge in [-0.15, -0.1) is 0 Å². The van der Waals surface area contributed by atoms with Crippen LogP contribution in [0, 0.1) is 5.92 Å². The van der Waals surface area contributed by atoms with Crippen LogP contribution in [0.2, 0.25) is 0 Å². The van der Waals surface area contributed by atoms with Crippen LogP contribution < -0.4 is 5.32 Å². The lowest BCUT2D eigenvalue weighted by atomic mass is 9.90. The van der Waals surface area contributed by atoms with Crippen molar-refractivity contribution in [2.24, 2.45) is 5.92 Å². The van der Waals surface area contributed by atoms with E-state index in [1.165, 1.54) is 30.6 Å². The molecule has 19 heavy (non-hydrogen) atoms. The Labute approximate surface area is 118 Å². The van der Waals surface area contributed by atoms with Crippen molar-refractivity contribution in [3.8, 4) is 0 Å². The van der Waals surface area contributed by atoms with Crippen molar-refractivity contribution in [2.45, 2.75) is 39.7 Å². The van der Waals surface area contributed by atoms with E-state index in [0.717, 1.165) is 19.5 Å². The molecule has 0 spiro atoms. The Morgan fingerprint density at radius 2 is 1.74 bits per heavy atom. The van der Waals surface area contributed by atoms with Gasteiger partial charge in [-0.1, -0.05) is 51.5 Å². The molecule has 0 bridgehead atoms. The average Bonchev–Trinajstić information content (AvgIpc) is 2.49. The van der Waals surface area contributed by atoms with E-state index >= 15 is 0 Å². The summed E-state index contributed by atoms with van der Waals surface area (Å²) in [7, 11) is 0. The van der Waals surface area contributed by atoms with Gasteiger partial charge in [0.05, 0.1) is 0 Å². The Morgan fingerprint density at radius 1 is 1.11 bits per heavy atom. The first-order valence-corrected chi connectivity index (χ1v) is 7.79. The fourth-order valence-corrected chi connectivity index (χ4v) is 3.03. The number of nitrogens with one attached hydrogen (secondary N) is 1. The molecule has 0 saturated carbocycles. The SMILES string of the molecule is CCc1ccc([C@@H](C(C)CC)N2CCNCC2)cc1. The third-order valence-electron chi connectivity index (χ3n) is 4.46. The van der Waals surface area contributed by atoms with Gasteiger partial charge in [0.2, 0.25) is 0 Å². The highest BCUT2D eigenvalue weighted by molar-refractivity contribution is 5.25. The number of hydrogen-bond donors (Lipinski definition) is 1. The van der Waals surface area contributed by atoms with Gasteiger partial charge in [0.15, 0.2) is 0 Å². The summed E-state index contributed by atoms with van der Waals surface area (Å²) in [6.45, 7) is 11.5. The van der Waals surface area contributed by atoms with Crippen molar-refractivity contribution in [1.82, 2.24) is 10.2 Å². The van der Waals surface area contributed by atoms with Gasteiger partial charge in [-0.25, -0.2) is 0 Å². The van der Waals surface area contributed by atoms with Crippen molar-refractivity contribution in [3.05, 3.63) is 35.4 Å². The fourth-order valence-electron chi connectivity index (χ4n) is 3.03. The summed E-state index contributed by atoms with van der Waals surface area (Å²) in [6, 6.07) is 9.87. The molecule has 0 aromatic heterocycles. The van der Waals surface area contributed by atoms with Gasteiger partial charge < -0.3 is 5.32 Å². The monoisotopic (exact) mass is 260 g/mol. The Kier molecular flexibility index (Phi) is 5.41. The summed E-state index contributed by atoms with van der Waals surface area (Å²) in [6.07, 6.45) is 2.37. The van der Waals surface area contributed by atoms with Gasteiger partial charge in [0, 0.05) is 32.2 Å². The van der Waals surface area contributed by atoms with E-state index in [1.54, 1.807) is 0 Å². The van der Waals surface area contributed by atoms with E-state index in [2.05, 4.69) is 55.3 Å². The number of aryl methyl sites for hydroxylation is 1. The Morgan fingerprint density at radius 3 is 2.26 bits per heavy atom. The van der Waals surface area contributed by atoms with Crippen LogP contribution in [0.5, 0.6) is 0 Å². The minimum Gasteiger partial charge on any atom is -0.314 e. The van der Waals surface area contributed by atoms with Gasteiger partial charge in [-0.3, -0.25) is 4.90 Å². The first-order chi connectivity index (χ1) is 9.26. The van der Waals surface area contributed by atoms with Crippen molar-refractivity contribution >= 4 is 0 Å². The summed E-state index contributed by atoms with van der Waals surface area (Å²) in [4.78, 5) is 2.66. The number of piperazine rings is 1. The van der Waals surface area contributed by atoms with Crippen molar-refractivity contribution in [1.29, 1.82) is 0 Å². The van der Waals surface area contributed by atoms with Crippen LogP contribution in [0.1, 0.15) is 44.4 Å². The molecule has 0 aliphatic carbocycles. The van der Waals surface area contributed by atoms with E-state index in [0.29, 0.717) is 12.0 Å². The van der Waals surface area contributed by atoms with Crippen molar-refractivity contribution in [3.63, 3.8) is 0 Å². The summed E-state index contributed by atoms with van der Waals surface area (Å²) < 4.78 is 0. The van der Waals surface area contributed by atoms with Crippen LogP contribution in [-0.4, -0.2) is 31.1 Å². The summed E-state index contributed by atoms with van der Waals surface area (Å²) in [5.41, 5.74) is 2.93. The molecule has 1 N–H and O–H groups in total. The smallest absolute Gasteiger partial charge is 0.0374 e. The van der Waals surface area contributed by atoms with Gasteiger partial charge in [-0.2, -0.15) is 0 Å². The van der Waals surface area contributed by atoms with E-state index in [9.17, 15) is 0 Å². The topological polar surface area (TPSA) is 15.3 Å². The molecule has 1 heterocycles. The summed E-state index contributed by atoms with van der Waals surface area (Å²) in [5.74, 6) is 0.713. The molecule has 0 radical (unpaired) electrons. The maximum absolute atomic E-state index is 3.45. The zero-order valence-electron chi connectivity index (χ0n) is 12.7. The van der Waals surface area contributed by atoms with Gasteiger partial charge in [0.25, 0.3) is 0 Å². The van der Waals surface area contributed by atoms with Gasteiger partial charge >= 0.3 is 0 Å². The maximum Gasteiger partial charge on any atom is 0.0374 e. The Bertz CT molecular complexity index is 365. The third kappa shape index (κ3) is 3.58. The van der Waals surface area contributed by atoms with Crippen LogP contribution in [0.3, 0.4) is 0 Å². The van der Waals surface area contributed by atoms with Crippen LogP contribution in [0.15, 0.2) is 24.3 Å². The molecule has 1 aliphatic heterocycles. The molecule has 0 amide bonds. The molecule has 1 unspecified atom stereocenters. The van der Waals surface area contributed by atoms with Gasteiger partial charge in [0.1, 0.15) is 0 Å². The van der Waals surface area contributed by atoms with Crippen LogP contribution in [-0.2, 0) is 6.42 Å². The van der Waals surface area contributed by atoms with Gasteiger partial charge in [-0.05, 0) is 23.5 Å². The minimum absolute atomic E-state index is 0.581. The Hall–Kier alpha value is -0.860. The Balaban J connectivity index is 2.19. The normalized spacial score (nSPS) is 20.2. The fraction of sp³-hybridized carbons (Fsp3) is 0.647. The largest absolute Gasteiger partial charge is 0.314 e. The second-order valence-corrected chi connectivity index (χ2v) is 5.71. The lowest BCUT2D eigenvalue weighted by Crippen LogP contribution is -2.46. The predicted molar refractivity (Wildman–Crippen MR) is 82.5 cm³/mol. The lowest BCUT2D eigenvalue weighted by Gasteiger charge is -2.38. The predicted octanol–water partition coefficient (Wildman–Crippen LogP) is 3.24. The van der Waals surface area contributed by atoms with E-state index in [-0.39, 0.29) is 0 Å². The highest BCUT2D eigenvalue weighted by atomic mass is 15.2. The molecular weight excluding hydrogens is 232 g/mol. The molecule has 1 fully saturated rings. The van der Waals surface area contributed by atoms with Crippen LogP contribution in [0.25, 0.3) is 0 Å². The van der Waals surface area contributed by atoms with Crippen molar-refractivity contribution < 1.29 is 0 Å². The lowest BCUT2D eigenvalue weighted by molar-refractivity contribution is 0.128. The number of hydrogen-bond acceptors (Lipinski definition) is 2. The molecule has 1 aliphatic rings. The van der Waals surface area contributed by atoms with Crippen LogP contribution in [0.4, 0.5) is 0 Å². The average molecular weight is 260 g/mol. The van der Waals surface area contributed by atoms with Crippen molar-refractivity contribution in [2.75, 3.05) is 26.2 Å². The minimum atomic E-state index is 0.581. The standard InChI is InChI=1S/C17H28N2/c1-4-14(3)17(19-12-10-18-11-13-19)16-8-6-15(5-2)7-9-16/h6-9,14,17-18H,4-5,10-13H2,1-3H3/t14?,17-/m1/s1. The first kappa shape index (κ1) is 14.5. The molecule has 2 rings (SSSR count). The number of benzene rings is 1. The second kappa shape index (κ2) is 7.06. The molecular formula is C17H28N2. The summed E-state index contributed by atoms with van der Waals surface area (Å²) in [5, 5.41) is 3.45. The molecule has 1 aromatic carbocycles. The maximum atomic E-state index is 3.45. The highest BCUT2D eigenvalue weighted by Gasteiger charge is 2.26. The molecule has 1 saturated heterocycles. The zero-order chi connectivity index (χ0) is 13.7. The third-order valence-corrected chi connectivity index (χ3v) is 4.46. The molecule has 106 valence electrons. The van der Waals surface area contributed by atoms with E-state index in [4.69, 9.17) is 0 Å².